The molecule has 0 amide bonds. The normalized spacial score (nSPS) is 24.9. The summed E-state index contributed by atoms with van der Waals surface area (Å²) in [7, 11) is 1.59. The summed E-state index contributed by atoms with van der Waals surface area (Å²) >= 11 is 0. The minimum atomic E-state index is -0.803. The Labute approximate surface area is 120 Å². The molecule has 6 heteroatoms. The van der Waals surface area contributed by atoms with Crippen LogP contribution in [0.5, 0.6) is 0 Å². The van der Waals surface area contributed by atoms with Gasteiger partial charge in [-0.15, -0.1) is 0 Å². The first-order chi connectivity index (χ1) is 9.56. The monoisotopic (exact) mass is 289 g/mol. The Hall–Kier alpha value is -0.690. The Morgan fingerprint density at radius 1 is 1.45 bits per heavy atom. The van der Waals surface area contributed by atoms with Crippen LogP contribution in [0.3, 0.4) is 0 Å². The number of carboxylic acid groups (broad SMARTS) is 1. The highest BCUT2D eigenvalue weighted by molar-refractivity contribution is 5.79. The molecule has 20 heavy (non-hydrogen) atoms. The maximum absolute atomic E-state index is 11.6. The molecule has 0 saturated carbocycles. The van der Waals surface area contributed by atoms with Crippen molar-refractivity contribution in [3.63, 3.8) is 0 Å². The molecule has 118 valence electrons. The van der Waals surface area contributed by atoms with Crippen molar-refractivity contribution >= 4 is 5.97 Å². The van der Waals surface area contributed by atoms with Gasteiger partial charge in [-0.2, -0.15) is 0 Å². The van der Waals surface area contributed by atoms with E-state index in [2.05, 4.69) is 0 Å². The number of carbonyl (C=O) groups is 1. The number of aliphatic carboxylic acids is 1. The fourth-order valence-corrected chi connectivity index (χ4v) is 2.92. The van der Waals surface area contributed by atoms with Crippen LogP contribution in [0.2, 0.25) is 0 Å². The zero-order chi connectivity index (χ0) is 15.0. The van der Waals surface area contributed by atoms with Crippen molar-refractivity contribution in [2.24, 2.45) is 0 Å². The minimum Gasteiger partial charge on any atom is -0.480 e. The predicted molar refractivity (Wildman–Crippen MR) is 74.8 cm³/mol. The van der Waals surface area contributed by atoms with E-state index in [1.54, 1.807) is 7.11 Å². The summed E-state index contributed by atoms with van der Waals surface area (Å²) in [6.45, 7) is 4.20. The molecule has 0 aromatic rings. The number of likely N-dealkylation sites (tertiary alicyclic amines) is 1. The Bertz CT molecular complexity index is 299. The molecule has 1 aliphatic rings. The Balaban J connectivity index is 2.49. The van der Waals surface area contributed by atoms with E-state index < -0.39 is 17.6 Å². The topological polar surface area (TPSA) is 79.2 Å². The molecular weight excluding hydrogens is 262 g/mol. The number of hydrogen-bond acceptors (Lipinski definition) is 5. The quantitative estimate of drug-likeness (QED) is 0.577. The molecule has 0 spiro atoms. The van der Waals surface area contributed by atoms with Gasteiger partial charge in [0, 0.05) is 13.7 Å². The molecule has 0 aliphatic carbocycles. The van der Waals surface area contributed by atoms with Crippen molar-refractivity contribution in [1.29, 1.82) is 0 Å². The van der Waals surface area contributed by atoms with Crippen molar-refractivity contribution < 1.29 is 24.5 Å². The summed E-state index contributed by atoms with van der Waals surface area (Å²) < 4.78 is 10.1. The van der Waals surface area contributed by atoms with Gasteiger partial charge in [0.25, 0.3) is 0 Å². The molecule has 1 saturated heterocycles. The van der Waals surface area contributed by atoms with Crippen LogP contribution in [-0.4, -0.2) is 72.7 Å². The molecule has 2 unspecified atom stereocenters. The lowest BCUT2D eigenvalue weighted by molar-refractivity contribution is -0.151. The van der Waals surface area contributed by atoms with Gasteiger partial charge in [0.1, 0.15) is 5.54 Å². The minimum absolute atomic E-state index is 0.210. The molecule has 1 aliphatic heterocycles. The number of carboxylic acids is 1. The van der Waals surface area contributed by atoms with Gasteiger partial charge in [0.2, 0.25) is 0 Å². The predicted octanol–water partition coefficient (Wildman–Crippen LogP) is 0.730. The van der Waals surface area contributed by atoms with E-state index in [1.165, 1.54) is 0 Å². The van der Waals surface area contributed by atoms with Gasteiger partial charge < -0.3 is 19.7 Å². The second-order valence-corrected chi connectivity index (χ2v) is 5.36. The van der Waals surface area contributed by atoms with E-state index in [1.807, 2.05) is 11.8 Å². The van der Waals surface area contributed by atoms with E-state index in [-0.39, 0.29) is 6.61 Å². The van der Waals surface area contributed by atoms with Crippen LogP contribution in [-0.2, 0) is 14.3 Å². The maximum Gasteiger partial charge on any atom is 0.324 e. The average molecular weight is 289 g/mol. The summed E-state index contributed by atoms with van der Waals surface area (Å²) in [5, 5.41) is 19.5. The molecule has 2 atom stereocenters. The Kier molecular flexibility index (Phi) is 7.43. The van der Waals surface area contributed by atoms with Crippen molar-refractivity contribution in [3.05, 3.63) is 0 Å². The first kappa shape index (κ1) is 17.4. The highest BCUT2D eigenvalue weighted by atomic mass is 16.5. The molecule has 1 rings (SSSR count). The van der Waals surface area contributed by atoms with Gasteiger partial charge in [-0.1, -0.05) is 13.3 Å². The third kappa shape index (κ3) is 4.41. The lowest BCUT2D eigenvalue weighted by atomic mass is 9.90. The van der Waals surface area contributed by atoms with Crippen molar-refractivity contribution in [1.82, 2.24) is 4.90 Å². The van der Waals surface area contributed by atoms with Crippen LogP contribution >= 0.6 is 0 Å². The summed E-state index contributed by atoms with van der Waals surface area (Å²) in [5.41, 5.74) is -0.803. The van der Waals surface area contributed by atoms with Crippen LogP contribution in [0.25, 0.3) is 0 Å². The van der Waals surface area contributed by atoms with Crippen molar-refractivity contribution in [2.75, 3.05) is 40.0 Å². The number of aliphatic hydroxyl groups excluding tert-OH is 1. The standard InChI is InChI=1S/C14H27NO5/c1-3-5-14(13(17)18)6-4-7-15(14)10-12(16)11-20-9-8-19-2/h12,16H,3-11H2,1-2H3,(H,17,18). The van der Waals surface area contributed by atoms with E-state index in [4.69, 9.17) is 9.47 Å². The summed E-state index contributed by atoms with van der Waals surface area (Å²) in [4.78, 5) is 13.5. The second-order valence-electron chi connectivity index (χ2n) is 5.36. The van der Waals surface area contributed by atoms with Crippen molar-refractivity contribution in [2.45, 2.75) is 44.2 Å². The molecule has 0 aromatic heterocycles. The van der Waals surface area contributed by atoms with Crippen LogP contribution in [0.15, 0.2) is 0 Å². The van der Waals surface area contributed by atoms with Gasteiger partial charge in [-0.3, -0.25) is 9.69 Å². The summed E-state index contributed by atoms with van der Waals surface area (Å²) in [6.07, 6.45) is 2.31. The van der Waals surface area contributed by atoms with Gasteiger partial charge in [0.05, 0.1) is 25.9 Å². The number of methoxy groups -OCH3 is 1. The van der Waals surface area contributed by atoms with Gasteiger partial charge >= 0.3 is 5.97 Å². The van der Waals surface area contributed by atoms with Crippen LogP contribution in [0.4, 0.5) is 0 Å². The van der Waals surface area contributed by atoms with Crippen molar-refractivity contribution in [3.8, 4) is 0 Å². The van der Waals surface area contributed by atoms with Gasteiger partial charge in [0.15, 0.2) is 0 Å². The number of β-amino-alcohol motifs (C(OH)–C–C–N with tert-alkyl or cyclic N) is 1. The number of hydrogen-bond donors (Lipinski definition) is 2. The number of aliphatic hydroxyl groups is 1. The summed E-state index contributed by atoms with van der Waals surface area (Å²) in [6, 6.07) is 0. The molecule has 6 nitrogen and oxygen atoms in total. The van der Waals surface area contributed by atoms with E-state index in [9.17, 15) is 15.0 Å². The number of nitrogens with zero attached hydrogens (tertiary/aromatic N) is 1. The molecule has 0 aromatic carbocycles. The number of ether oxygens (including phenoxy) is 2. The van der Waals surface area contributed by atoms with E-state index in [0.717, 1.165) is 19.4 Å². The summed E-state index contributed by atoms with van der Waals surface area (Å²) in [5.74, 6) is -0.774. The SMILES string of the molecule is CCCC1(C(=O)O)CCCN1CC(O)COCCOC. The third-order valence-corrected chi connectivity index (χ3v) is 3.86. The lowest BCUT2D eigenvalue weighted by Crippen LogP contribution is -2.53. The molecule has 2 N–H and O–H groups in total. The fraction of sp³-hybridized carbons (Fsp3) is 0.929. The molecule has 0 radical (unpaired) electrons. The molecule has 1 heterocycles. The maximum atomic E-state index is 11.6. The van der Waals surface area contributed by atoms with Crippen LogP contribution in [0.1, 0.15) is 32.6 Å². The second kappa shape index (κ2) is 8.56. The first-order valence-corrected chi connectivity index (χ1v) is 7.30. The van der Waals surface area contributed by atoms with Crippen LogP contribution < -0.4 is 0 Å². The fourth-order valence-electron chi connectivity index (χ4n) is 2.92. The van der Waals surface area contributed by atoms with Crippen LogP contribution in [0, 0.1) is 0 Å². The zero-order valence-corrected chi connectivity index (χ0v) is 12.5. The first-order valence-electron chi connectivity index (χ1n) is 7.30. The van der Waals surface area contributed by atoms with E-state index in [0.29, 0.717) is 32.6 Å². The molecule has 0 bridgehead atoms. The van der Waals surface area contributed by atoms with Gasteiger partial charge in [-0.25, -0.2) is 0 Å². The van der Waals surface area contributed by atoms with Gasteiger partial charge in [-0.05, 0) is 25.8 Å². The highest BCUT2D eigenvalue weighted by Crippen LogP contribution is 2.34. The Morgan fingerprint density at radius 3 is 2.80 bits per heavy atom. The van der Waals surface area contributed by atoms with E-state index >= 15 is 0 Å². The Morgan fingerprint density at radius 2 is 2.20 bits per heavy atom. The average Bonchev–Trinajstić information content (AvgIpc) is 2.79. The highest BCUT2D eigenvalue weighted by Gasteiger charge is 2.47. The third-order valence-electron chi connectivity index (χ3n) is 3.86. The largest absolute Gasteiger partial charge is 0.480 e. The lowest BCUT2D eigenvalue weighted by Gasteiger charge is -2.35. The smallest absolute Gasteiger partial charge is 0.324 e. The number of rotatable bonds is 10. The molecular formula is C14H27NO5. The molecule has 1 fully saturated rings. The zero-order valence-electron chi connectivity index (χ0n) is 12.5.